The Balaban J connectivity index is 1.59. The number of nitrogens with zero attached hydrogens (tertiary/aromatic N) is 1. The molecule has 1 heterocycles. The molecule has 0 radical (unpaired) electrons. The van der Waals surface area contributed by atoms with E-state index in [1.54, 1.807) is 0 Å². The van der Waals surface area contributed by atoms with Gasteiger partial charge in [0.15, 0.2) is 6.54 Å². The molecular weight excluding hydrogens is 392 g/mol. The van der Waals surface area contributed by atoms with Gasteiger partial charge in [0.1, 0.15) is 11.6 Å². The summed E-state index contributed by atoms with van der Waals surface area (Å²) >= 11 is 0. The maximum atomic E-state index is 12.9. The number of hydrogen-bond donors (Lipinski definition) is 3. The van der Waals surface area contributed by atoms with Crippen LogP contribution >= 0.6 is 0 Å². The lowest BCUT2D eigenvalue weighted by Crippen LogP contribution is -2.88. The Kier molecular flexibility index (Phi) is 7.04. The third kappa shape index (κ3) is 5.09. The fraction of sp³-hybridized carbons (Fsp3) is 0.625. The number of carbonyl (C=O) groups excluding carboxylic acids is 3. The van der Waals surface area contributed by atoms with Crippen LogP contribution in [0.4, 0.5) is 4.79 Å². The summed E-state index contributed by atoms with van der Waals surface area (Å²) in [7, 11) is 0. The van der Waals surface area contributed by atoms with Gasteiger partial charge in [-0.3, -0.25) is 15.0 Å². The van der Waals surface area contributed by atoms with Crippen LogP contribution in [0.1, 0.15) is 83.4 Å². The molecule has 4 amide bonds. The molecule has 2 fully saturated rings. The van der Waals surface area contributed by atoms with E-state index in [0.29, 0.717) is 30.6 Å². The first-order chi connectivity index (χ1) is 14.6. The highest BCUT2D eigenvalue weighted by atomic mass is 16.2. The van der Waals surface area contributed by atoms with Gasteiger partial charge < -0.3 is 10.6 Å². The highest BCUT2D eigenvalue weighted by Gasteiger charge is 2.53. The highest BCUT2D eigenvalue weighted by molar-refractivity contribution is 6.08. The Morgan fingerprint density at radius 3 is 2.26 bits per heavy atom. The molecule has 3 rings (SSSR count). The Morgan fingerprint density at radius 2 is 1.71 bits per heavy atom. The topological polar surface area (TPSA) is 95.1 Å². The first-order valence-corrected chi connectivity index (χ1v) is 11.5. The highest BCUT2D eigenvalue weighted by Crippen LogP contribution is 2.35. The van der Waals surface area contributed by atoms with Crippen molar-refractivity contribution in [3.05, 3.63) is 35.4 Å². The van der Waals surface area contributed by atoms with Gasteiger partial charge in [-0.05, 0) is 43.1 Å². The van der Waals surface area contributed by atoms with E-state index in [1.807, 2.05) is 5.32 Å². The SMILES string of the molecule is CC1CCC2(CC1)NC(=O)N(NC(=O)C[NH2+][C@@H](c1ccc(C(C)C)cc1)C(C)C)C2=O. The first-order valence-electron chi connectivity index (χ1n) is 11.5. The van der Waals surface area contributed by atoms with Crippen LogP contribution in [0.5, 0.6) is 0 Å². The van der Waals surface area contributed by atoms with E-state index < -0.39 is 11.6 Å². The number of nitrogens with one attached hydrogen (secondary N) is 2. The maximum Gasteiger partial charge on any atom is 0.344 e. The molecule has 4 N–H and O–H groups in total. The third-order valence-electron chi connectivity index (χ3n) is 6.79. The molecule has 1 aliphatic heterocycles. The molecule has 0 unspecified atom stereocenters. The number of quaternary nitrogens is 1. The van der Waals surface area contributed by atoms with Gasteiger partial charge in [-0.2, -0.15) is 5.01 Å². The largest absolute Gasteiger partial charge is 0.344 e. The molecule has 2 aliphatic rings. The summed E-state index contributed by atoms with van der Waals surface area (Å²) in [6.45, 7) is 10.9. The summed E-state index contributed by atoms with van der Waals surface area (Å²) in [6, 6.07) is 8.11. The number of carbonyl (C=O) groups is 3. The molecular formula is C24H37N4O3+. The second-order valence-electron chi connectivity index (χ2n) is 9.90. The molecule has 1 aromatic carbocycles. The monoisotopic (exact) mass is 429 g/mol. The van der Waals surface area contributed by atoms with E-state index in [-0.39, 0.29) is 24.4 Å². The molecule has 7 nitrogen and oxygen atoms in total. The average molecular weight is 430 g/mol. The molecule has 1 atom stereocenters. The fourth-order valence-electron chi connectivity index (χ4n) is 4.62. The molecule has 7 heteroatoms. The molecule has 1 saturated heterocycles. The minimum absolute atomic E-state index is 0.112. The number of hydrogen-bond acceptors (Lipinski definition) is 3. The van der Waals surface area contributed by atoms with Crippen molar-refractivity contribution >= 4 is 17.8 Å². The van der Waals surface area contributed by atoms with Crippen LogP contribution < -0.4 is 16.1 Å². The van der Waals surface area contributed by atoms with Gasteiger partial charge in [0, 0.05) is 11.5 Å². The van der Waals surface area contributed by atoms with Gasteiger partial charge in [-0.25, -0.2) is 4.79 Å². The quantitative estimate of drug-likeness (QED) is 0.582. The average Bonchev–Trinajstić information content (AvgIpc) is 2.94. The van der Waals surface area contributed by atoms with Crippen LogP contribution in [-0.2, 0) is 9.59 Å². The smallest absolute Gasteiger partial charge is 0.332 e. The van der Waals surface area contributed by atoms with E-state index in [2.05, 4.69) is 69.6 Å². The molecule has 1 aromatic rings. The standard InChI is InChI=1S/C24H36N4O3/c1-15(2)18-6-8-19(9-7-18)21(16(3)4)25-14-20(29)27-28-22(30)24(26-23(28)31)12-10-17(5)11-13-24/h6-9,15-17,21,25H,10-14H2,1-5H3,(H,26,31)(H,27,29)/p+1/t17?,21-,24?/m1/s1. The summed E-state index contributed by atoms with van der Waals surface area (Å²) in [5.74, 6) is 0.663. The summed E-state index contributed by atoms with van der Waals surface area (Å²) in [5.41, 5.74) is 4.13. The summed E-state index contributed by atoms with van der Waals surface area (Å²) in [6.07, 6.45) is 3.04. The Hall–Kier alpha value is -2.41. The molecule has 1 aliphatic carbocycles. The van der Waals surface area contributed by atoms with Crippen LogP contribution in [-0.4, -0.2) is 34.9 Å². The van der Waals surface area contributed by atoms with E-state index in [4.69, 9.17) is 0 Å². The van der Waals surface area contributed by atoms with Gasteiger partial charge >= 0.3 is 6.03 Å². The van der Waals surface area contributed by atoms with Crippen molar-refractivity contribution in [2.24, 2.45) is 11.8 Å². The molecule has 1 saturated carbocycles. The number of benzene rings is 1. The van der Waals surface area contributed by atoms with E-state index >= 15 is 0 Å². The van der Waals surface area contributed by atoms with Crippen LogP contribution in [0.3, 0.4) is 0 Å². The zero-order chi connectivity index (χ0) is 22.8. The van der Waals surface area contributed by atoms with Gasteiger partial charge in [0.05, 0.1) is 0 Å². The minimum atomic E-state index is -0.848. The molecule has 31 heavy (non-hydrogen) atoms. The van der Waals surface area contributed by atoms with Crippen molar-refractivity contribution in [3.63, 3.8) is 0 Å². The van der Waals surface area contributed by atoms with Crippen LogP contribution in [0.15, 0.2) is 24.3 Å². The number of hydrazine groups is 1. The fourth-order valence-corrected chi connectivity index (χ4v) is 4.62. The Labute approximate surface area is 185 Å². The van der Waals surface area contributed by atoms with E-state index in [9.17, 15) is 14.4 Å². The predicted octanol–water partition coefficient (Wildman–Crippen LogP) is 2.60. The van der Waals surface area contributed by atoms with Crippen LogP contribution in [0.2, 0.25) is 0 Å². The minimum Gasteiger partial charge on any atom is -0.332 e. The molecule has 170 valence electrons. The Bertz CT molecular complexity index is 811. The summed E-state index contributed by atoms with van der Waals surface area (Å²) < 4.78 is 0. The zero-order valence-electron chi connectivity index (χ0n) is 19.4. The van der Waals surface area contributed by atoms with Gasteiger partial charge in [0.2, 0.25) is 0 Å². The normalized spacial score (nSPS) is 24.7. The number of rotatable bonds is 7. The summed E-state index contributed by atoms with van der Waals surface area (Å²) in [5, 5.41) is 5.69. The van der Waals surface area contributed by atoms with Gasteiger partial charge in [0.25, 0.3) is 11.8 Å². The lowest BCUT2D eigenvalue weighted by Gasteiger charge is -2.33. The van der Waals surface area contributed by atoms with Gasteiger partial charge in [-0.15, -0.1) is 0 Å². The predicted molar refractivity (Wildman–Crippen MR) is 119 cm³/mol. The molecule has 0 aromatic heterocycles. The maximum absolute atomic E-state index is 12.9. The number of nitrogens with two attached hydrogens (primary N) is 1. The lowest BCUT2D eigenvalue weighted by molar-refractivity contribution is -0.692. The second-order valence-corrected chi connectivity index (χ2v) is 9.90. The Morgan fingerprint density at radius 1 is 1.13 bits per heavy atom. The lowest BCUT2D eigenvalue weighted by atomic mass is 9.77. The van der Waals surface area contributed by atoms with Crippen molar-refractivity contribution in [3.8, 4) is 0 Å². The van der Waals surface area contributed by atoms with Crippen molar-refractivity contribution in [1.29, 1.82) is 0 Å². The van der Waals surface area contributed by atoms with Crippen molar-refractivity contribution in [1.82, 2.24) is 15.8 Å². The van der Waals surface area contributed by atoms with Gasteiger partial charge in [-0.1, -0.05) is 58.9 Å². The first kappa shape index (κ1) is 23.3. The second kappa shape index (κ2) is 9.39. The van der Waals surface area contributed by atoms with E-state index in [0.717, 1.165) is 23.4 Å². The van der Waals surface area contributed by atoms with Crippen molar-refractivity contribution in [2.75, 3.05) is 6.54 Å². The van der Waals surface area contributed by atoms with Crippen molar-refractivity contribution < 1.29 is 19.7 Å². The number of urea groups is 1. The zero-order valence-corrected chi connectivity index (χ0v) is 19.4. The number of imide groups is 1. The molecule has 1 spiro atoms. The van der Waals surface area contributed by atoms with Crippen molar-refractivity contribution in [2.45, 2.75) is 77.8 Å². The summed E-state index contributed by atoms with van der Waals surface area (Å²) in [4.78, 5) is 37.9. The van der Waals surface area contributed by atoms with Crippen LogP contribution in [0, 0.1) is 11.8 Å². The van der Waals surface area contributed by atoms with Crippen LogP contribution in [0.25, 0.3) is 0 Å². The molecule has 0 bridgehead atoms. The third-order valence-corrected chi connectivity index (χ3v) is 6.79. The number of amides is 4. The van der Waals surface area contributed by atoms with E-state index in [1.165, 1.54) is 5.56 Å².